The lowest BCUT2D eigenvalue weighted by Crippen LogP contribution is -2.39. The van der Waals surface area contributed by atoms with Crippen LogP contribution in [-0.2, 0) is 12.8 Å². The summed E-state index contributed by atoms with van der Waals surface area (Å²) in [5, 5.41) is 9.72. The second kappa shape index (κ2) is 5.10. The summed E-state index contributed by atoms with van der Waals surface area (Å²) in [7, 11) is 0. The van der Waals surface area contributed by atoms with E-state index >= 15 is 0 Å². The minimum absolute atomic E-state index is 0.199. The third kappa shape index (κ3) is 3.03. The molecule has 0 saturated carbocycles. The topological polar surface area (TPSA) is 46.2 Å². The molecule has 1 heterocycles. The van der Waals surface area contributed by atoms with Gasteiger partial charge in [0.25, 0.3) is 0 Å². The first-order valence-corrected chi connectivity index (χ1v) is 6.29. The van der Waals surface area contributed by atoms with Crippen LogP contribution in [0.15, 0.2) is 12.1 Å². The zero-order valence-corrected chi connectivity index (χ0v) is 10.6. The SMILES string of the molecule is CCc1ccc(CC(C)(CN)C(C)O)s1. The Balaban J connectivity index is 2.74. The first-order chi connectivity index (χ1) is 7.01. The van der Waals surface area contributed by atoms with E-state index in [1.54, 1.807) is 0 Å². The second-order valence-electron chi connectivity index (χ2n) is 4.43. The molecule has 1 aromatic heterocycles. The van der Waals surface area contributed by atoms with Crippen molar-refractivity contribution in [2.75, 3.05) is 6.54 Å². The van der Waals surface area contributed by atoms with Crippen molar-refractivity contribution in [1.82, 2.24) is 0 Å². The summed E-state index contributed by atoms with van der Waals surface area (Å²) in [4.78, 5) is 2.72. The van der Waals surface area contributed by atoms with Crippen LogP contribution in [0.1, 0.15) is 30.5 Å². The summed E-state index contributed by atoms with van der Waals surface area (Å²) < 4.78 is 0. The van der Waals surface area contributed by atoms with Gasteiger partial charge in [-0.2, -0.15) is 0 Å². The maximum atomic E-state index is 9.72. The lowest BCUT2D eigenvalue weighted by molar-refractivity contribution is 0.0595. The largest absolute Gasteiger partial charge is 0.393 e. The number of aryl methyl sites for hydroxylation is 1. The number of aliphatic hydroxyl groups is 1. The molecule has 15 heavy (non-hydrogen) atoms. The van der Waals surface area contributed by atoms with E-state index in [1.807, 2.05) is 25.2 Å². The molecule has 0 fully saturated rings. The number of rotatable bonds is 5. The molecule has 0 bridgehead atoms. The second-order valence-corrected chi connectivity index (χ2v) is 5.69. The first-order valence-electron chi connectivity index (χ1n) is 5.47. The fraction of sp³-hybridized carbons (Fsp3) is 0.667. The Hall–Kier alpha value is -0.380. The summed E-state index contributed by atoms with van der Waals surface area (Å²) in [6.07, 6.45) is 1.58. The number of thiophene rings is 1. The Bertz CT molecular complexity index is 308. The van der Waals surface area contributed by atoms with E-state index in [-0.39, 0.29) is 11.5 Å². The molecule has 0 radical (unpaired) electrons. The van der Waals surface area contributed by atoms with Gasteiger partial charge in [-0.3, -0.25) is 0 Å². The van der Waals surface area contributed by atoms with Crippen LogP contribution in [0.3, 0.4) is 0 Å². The van der Waals surface area contributed by atoms with Crippen LogP contribution in [0.5, 0.6) is 0 Å². The highest BCUT2D eigenvalue weighted by atomic mass is 32.1. The van der Waals surface area contributed by atoms with Crippen molar-refractivity contribution < 1.29 is 5.11 Å². The summed E-state index contributed by atoms with van der Waals surface area (Å²) in [6, 6.07) is 4.32. The van der Waals surface area contributed by atoms with Gasteiger partial charge in [-0.05, 0) is 31.9 Å². The molecule has 1 rings (SSSR count). The molecular formula is C12H21NOS. The van der Waals surface area contributed by atoms with E-state index in [9.17, 15) is 5.11 Å². The van der Waals surface area contributed by atoms with Crippen molar-refractivity contribution in [3.05, 3.63) is 21.9 Å². The molecular weight excluding hydrogens is 206 g/mol. The van der Waals surface area contributed by atoms with Gasteiger partial charge >= 0.3 is 0 Å². The predicted octanol–water partition coefficient (Wildman–Crippen LogP) is 2.20. The molecule has 3 heteroatoms. The van der Waals surface area contributed by atoms with Gasteiger partial charge in [-0.15, -0.1) is 11.3 Å². The van der Waals surface area contributed by atoms with Gasteiger partial charge in [-0.1, -0.05) is 13.8 Å². The quantitative estimate of drug-likeness (QED) is 0.810. The highest BCUT2D eigenvalue weighted by Gasteiger charge is 2.29. The highest BCUT2D eigenvalue weighted by molar-refractivity contribution is 7.11. The molecule has 0 saturated heterocycles. The van der Waals surface area contributed by atoms with E-state index in [0.29, 0.717) is 6.54 Å². The molecule has 0 amide bonds. The van der Waals surface area contributed by atoms with Gasteiger partial charge in [0.2, 0.25) is 0 Å². The van der Waals surface area contributed by atoms with E-state index in [2.05, 4.69) is 19.1 Å². The fourth-order valence-electron chi connectivity index (χ4n) is 1.50. The number of nitrogens with two attached hydrogens (primary N) is 1. The van der Waals surface area contributed by atoms with Crippen molar-refractivity contribution in [3.63, 3.8) is 0 Å². The van der Waals surface area contributed by atoms with Gasteiger partial charge in [0.1, 0.15) is 0 Å². The van der Waals surface area contributed by atoms with Gasteiger partial charge in [-0.25, -0.2) is 0 Å². The van der Waals surface area contributed by atoms with Crippen molar-refractivity contribution in [2.24, 2.45) is 11.1 Å². The van der Waals surface area contributed by atoms with Crippen LogP contribution < -0.4 is 5.73 Å². The Labute approximate surface area is 96.1 Å². The zero-order valence-electron chi connectivity index (χ0n) is 9.79. The van der Waals surface area contributed by atoms with E-state index in [4.69, 9.17) is 5.73 Å². The maximum absolute atomic E-state index is 9.72. The van der Waals surface area contributed by atoms with Crippen molar-refractivity contribution in [3.8, 4) is 0 Å². The predicted molar refractivity (Wildman–Crippen MR) is 66.2 cm³/mol. The highest BCUT2D eigenvalue weighted by Crippen LogP contribution is 2.29. The van der Waals surface area contributed by atoms with Gasteiger partial charge in [0, 0.05) is 21.7 Å². The molecule has 0 aliphatic rings. The first kappa shape index (κ1) is 12.7. The van der Waals surface area contributed by atoms with Gasteiger partial charge in [0.15, 0.2) is 0 Å². The van der Waals surface area contributed by atoms with Crippen LogP contribution in [-0.4, -0.2) is 17.8 Å². The monoisotopic (exact) mass is 227 g/mol. The van der Waals surface area contributed by atoms with Crippen LogP contribution >= 0.6 is 11.3 Å². The Kier molecular flexibility index (Phi) is 4.32. The number of hydrogen-bond acceptors (Lipinski definition) is 3. The lowest BCUT2D eigenvalue weighted by Gasteiger charge is -2.30. The standard InChI is InChI=1S/C12H21NOS/c1-4-10-5-6-11(15-10)7-12(3,8-13)9(2)14/h5-6,9,14H,4,7-8,13H2,1-3H3. The normalized spacial score (nSPS) is 17.4. The fourth-order valence-corrected chi connectivity index (χ4v) is 2.65. The Morgan fingerprint density at radius 2 is 2.07 bits per heavy atom. The summed E-state index contributed by atoms with van der Waals surface area (Å²) in [5.74, 6) is 0. The summed E-state index contributed by atoms with van der Waals surface area (Å²) in [5.41, 5.74) is 5.54. The number of aliphatic hydroxyl groups excluding tert-OH is 1. The van der Waals surface area contributed by atoms with Gasteiger partial charge in [0.05, 0.1) is 6.10 Å². The van der Waals surface area contributed by atoms with E-state index in [0.717, 1.165) is 12.8 Å². The molecule has 1 aromatic rings. The lowest BCUT2D eigenvalue weighted by atomic mass is 9.81. The Morgan fingerprint density at radius 1 is 1.47 bits per heavy atom. The third-order valence-electron chi connectivity index (χ3n) is 3.12. The summed E-state index contributed by atoms with van der Waals surface area (Å²) >= 11 is 1.83. The average Bonchev–Trinajstić information content (AvgIpc) is 2.65. The third-order valence-corrected chi connectivity index (χ3v) is 4.35. The van der Waals surface area contributed by atoms with Crippen LogP contribution in [0.4, 0.5) is 0 Å². The zero-order chi connectivity index (χ0) is 11.5. The molecule has 0 aliphatic carbocycles. The number of hydrogen-bond donors (Lipinski definition) is 2. The molecule has 0 aliphatic heterocycles. The minimum Gasteiger partial charge on any atom is -0.393 e. The average molecular weight is 227 g/mol. The van der Waals surface area contributed by atoms with E-state index < -0.39 is 0 Å². The van der Waals surface area contributed by atoms with E-state index in [1.165, 1.54) is 9.75 Å². The molecule has 0 aromatic carbocycles. The van der Waals surface area contributed by atoms with Crippen LogP contribution in [0.2, 0.25) is 0 Å². The van der Waals surface area contributed by atoms with Crippen LogP contribution in [0, 0.1) is 5.41 Å². The minimum atomic E-state index is -0.366. The van der Waals surface area contributed by atoms with Crippen molar-refractivity contribution in [2.45, 2.75) is 39.7 Å². The van der Waals surface area contributed by atoms with Crippen molar-refractivity contribution >= 4 is 11.3 Å². The van der Waals surface area contributed by atoms with Crippen molar-refractivity contribution in [1.29, 1.82) is 0 Å². The Morgan fingerprint density at radius 3 is 2.47 bits per heavy atom. The van der Waals surface area contributed by atoms with Crippen LogP contribution in [0.25, 0.3) is 0 Å². The molecule has 2 atom stereocenters. The molecule has 0 spiro atoms. The molecule has 2 unspecified atom stereocenters. The molecule has 86 valence electrons. The smallest absolute Gasteiger partial charge is 0.0581 e. The molecule has 3 N–H and O–H groups in total. The maximum Gasteiger partial charge on any atom is 0.0581 e. The summed E-state index contributed by atoms with van der Waals surface area (Å²) in [6.45, 7) is 6.54. The van der Waals surface area contributed by atoms with Gasteiger partial charge < -0.3 is 10.8 Å². The molecule has 2 nitrogen and oxygen atoms in total.